The zero-order valence-corrected chi connectivity index (χ0v) is 23.0. The molecule has 5 rings (SSSR count). The van der Waals surface area contributed by atoms with Crippen molar-refractivity contribution in [2.75, 3.05) is 42.5 Å². The van der Waals surface area contributed by atoms with Gasteiger partial charge in [0.25, 0.3) is 0 Å². The van der Waals surface area contributed by atoms with Crippen molar-refractivity contribution in [2.45, 2.75) is 20.4 Å². The number of urea groups is 1. The Morgan fingerprint density at radius 3 is 2.48 bits per heavy atom. The lowest BCUT2D eigenvalue weighted by Gasteiger charge is -2.37. The Kier molecular flexibility index (Phi) is 7.70. The van der Waals surface area contributed by atoms with Crippen LogP contribution in [-0.4, -0.2) is 43.4 Å². The number of hydrogen-bond acceptors (Lipinski definition) is 8. The van der Waals surface area contributed by atoms with Crippen LogP contribution in [-0.2, 0) is 6.54 Å². The largest absolute Gasteiger partial charge is 0.497 e. The molecule has 40 heavy (non-hydrogen) atoms. The molecule has 1 aromatic heterocycles. The van der Waals surface area contributed by atoms with Crippen LogP contribution in [0.3, 0.4) is 0 Å². The van der Waals surface area contributed by atoms with Crippen molar-refractivity contribution in [2.24, 2.45) is 5.73 Å². The highest BCUT2D eigenvalue weighted by molar-refractivity contribution is 6.11. The molecule has 0 atom stereocenters. The van der Waals surface area contributed by atoms with Gasteiger partial charge in [-0.15, -0.1) is 0 Å². The third-order valence-corrected chi connectivity index (χ3v) is 6.62. The molecule has 206 valence electrons. The second kappa shape index (κ2) is 11.5. The van der Waals surface area contributed by atoms with Crippen LogP contribution in [0.15, 0.2) is 66.9 Å². The number of methoxy groups -OCH3 is 2. The van der Waals surface area contributed by atoms with Crippen molar-refractivity contribution < 1.29 is 19.0 Å². The van der Waals surface area contributed by atoms with Gasteiger partial charge < -0.3 is 25.3 Å². The maximum atomic E-state index is 14.3. The van der Waals surface area contributed by atoms with E-state index in [0.717, 1.165) is 28.1 Å². The highest BCUT2D eigenvalue weighted by Crippen LogP contribution is 2.42. The lowest BCUT2D eigenvalue weighted by Crippen LogP contribution is -2.46. The fourth-order valence-corrected chi connectivity index (χ4v) is 4.77. The number of benzene rings is 3. The van der Waals surface area contributed by atoms with E-state index in [9.17, 15) is 4.79 Å². The summed E-state index contributed by atoms with van der Waals surface area (Å²) in [5.74, 6) is 2.56. The van der Waals surface area contributed by atoms with E-state index in [2.05, 4.69) is 10.3 Å². The van der Waals surface area contributed by atoms with Gasteiger partial charge in [0.1, 0.15) is 23.9 Å². The fourth-order valence-electron chi connectivity index (χ4n) is 4.77. The molecule has 4 aromatic rings. The van der Waals surface area contributed by atoms with Crippen LogP contribution < -0.4 is 35.1 Å². The molecule has 0 fully saturated rings. The van der Waals surface area contributed by atoms with Gasteiger partial charge in [0.15, 0.2) is 5.82 Å². The molecule has 1 aliphatic heterocycles. The summed E-state index contributed by atoms with van der Waals surface area (Å²) in [6, 6.07) is 18.5. The maximum absolute atomic E-state index is 14.3. The number of carbonyl (C=O) groups excluding carboxylic acids is 1. The summed E-state index contributed by atoms with van der Waals surface area (Å²) in [5.41, 5.74) is 10.5. The Morgan fingerprint density at radius 1 is 0.975 bits per heavy atom. The van der Waals surface area contributed by atoms with Gasteiger partial charge >= 0.3 is 6.03 Å². The van der Waals surface area contributed by atoms with Crippen LogP contribution in [0.1, 0.15) is 16.7 Å². The fraction of sp³-hybridized carbons (Fsp3) is 0.233. The van der Waals surface area contributed by atoms with Gasteiger partial charge in [0.2, 0.25) is 5.95 Å². The van der Waals surface area contributed by atoms with Crippen molar-refractivity contribution in [3.63, 3.8) is 0 Å². The first kappa shape index (κ1) is 26.8. The molecule has 0 saturated heterocycles. The maximum Gasteiger partial charge on any atom is 0.335 e. The minimum absolute atomic E-state index is 0.254. The van der Waals surface area contributed by atoms with Gasteiger partial charge in [-0.2, -0.15) is 4.98 Å². The summed E-state index contributed by atoms with van der Waals surface area (Å²) in [6.45, 7) is 5.15. The van der Waals surface area contributed by atoms with Crippen molar-refractivity contribution in [3.05, 3.63) is 83.6 Å². The zero-order chi connectivity index (χ0) is 28.2. The number of nitrogens with two attached hydrogens (primary N) is 1. The molecule has 2 heterocycles. The van der Waals surface area contributed by atoms with Crippen molar-refractivity contribution >= 4 is 34.9 Å². The number of nitrogens with one attached hydrogen (secondary N) is 1. The van der Waals surface area contributed by atoms with E-state index in [0.29, 0.717) is 54.4 Å². The van der Waals surface area contributed by atoms with E-state index in [-0.39, 0.29) is 6.03 Å². The molecule has 1 aliphatic rings. The van der Waals surface area contributed by atoms with Crippen molar-refractivity contribution in [1.82, 2.24) is 9.97 Å². The summed E-state index contributed by atoms with van der Waals surface area (Å²) in [6.07, 6.45) is 1.75. The lowest BCUT2D eigenvalue weighted by molar-refractivity contribution is 0.252. The molecule has 0 unspecified atom stereocenters. The Morgan fingerprint density at radius 2 is 1.75 bits per heavy atom. The second-order valence-corrected chi connectivity index (χ2v) is 9.31. The number of fused-ring (bicyclic) bond motifs is 1. The monoisotopic (exact) mass is 540 g/mol. The van der Waals surface area contributed by atoms with Crippen molar-refractivity contribution in [1.29, 1.82) is 0 Å². The first-order valence-electron chi connectivity index (χ1n) is 12.9. The van der Waals surface area contributed by atoms with Gasteiger partial charge in [-0.25, -0.2) is 14.7 Å². The third kappa shape index (κ3) is 5.21. The Bertz CT molecular complexity index is 1520. The first-order chi connectivity index (χ1) is 19.4. The van der Waals surface area contributed by atoms with E-state index in [4.69, 9.17) is 24.9 Å². The number of aromatic nitrogens is 2. The number of nitrogens with zero attached hydrogens (tertiary/aromatic N) is 4. The number of rotatable bonds is 9. The Hall–Kier alpha value is -4.83. The summed E-state index contributed by atoms with van der Waals surface area (Å²) in [4.78, 5) is 27.0. The van der Waals surface area contributed by atoms with Gasteiger partial charge in [0.05, 0.1) is 32.1 Å². The summed E-state index contributed by atoms with van der Waals surface area (Å²) in [5, 5.41) is 3.23. The zero-order valence-electron chi connectivity index (χ0n) is 23.0. The number of aryl methyl sites for hydroxylation is 2. The third-order valence-electron chi connectivity index (χ3n) is 6.62. The lowest BCUT2D eigenvalue weighted by atomic mass is 10.1. The molecule has 0 spiro atoms. The minimum Gasteiger partial charge on any atom is -0.497 e. The number of carbonyl (C=O) groups is 1. The van der Waals surface area contributed by atoms with Crippen LogP contribution >= 0.6 is 0 Å². The quantitative estimate of drug-likeness (QED) is 0.287. The van der Waals surface area contributed by atoms with E-state index in [1.165, 1.54) is 0 Å². The van der Waals surface area contributed by atoms with E-state index in [1.54, 1.807) is 48.4 Å². The molecule has 0 radical (unpaired) electrons. The normalized spacial score (nSPS) is 12.7. The number of ether oxygens (including phenoxy) is 3. The summed E-state index contributed by atoms with van der Waals surface area (Å²) in [7, 11) is 3.14. The molecule has 10 nitrogen and oxygen atoms in total. The first-order valence-corrected chi connectivity index (χ1v) is 12.9. The predicted octanol–water partition coefficient (Wildman–Crippen LogP) is 5.47. The average Bonchev–Trinajstić information content (AvgIpc) is 2.96. The average molecular weight is 541 g/mol. The number of para-hydroxylation sites is 1. The Balaban J connectivity index is 1.60. The number of anilines is 5. The molecule has 0 saturated carbocycles. The van der Waals surface area contributed by atoms with Crippen LogP contribution in [0.4, 0.5) is 33.6 Å². The molecule has 2 amide bonds. The molecule has 3 N–H and O–H groups in total. The van der Waals surface area contributed by atoms with Crippen molar-refractivity contribution in [3.8, 4) is 17.2 Å². The second-order valence-electron chi connectivity index (χ2n) is 9.31. The predicted molar refractivity (Wildman–Crippen MR) is 155 cm³/mol. The molecular formula is C30H32N6O4. The topological polar surface area (TPSA) is 115 Å². The highest BCUT2D eigenvalue weighted by atomic mass is 16.5. The van der Waals surface area contributed by atoms with Gasteiger partial charge in [-0.3, -0.25) is 4.90 Å². The Labute approximate surface area is 233 Å². The highest BCUT2D eigenvalue weighted by Gasteiger charge is 2.37. The SMILES string of the molecule is COc1ccc(N2C(=O)N(c3c(C)cccc3C)Cc3cnc(Nc4cccc(OCCN)c4)nc32)c(OC)c1. The molecule has 3 aromatic carbocycles. The van der Waals surface area contributed by atoms with E-state index < -0.39 is 0 Å². The van der Waals surface area contributed by atoms with E-state index in [1.807, 2.05) is 56.3 Å². The molecule has 0 aliphatic carbocycles. The number of hydrogen-bond donors (Lipinski definition) is 2. The summed E-state index contributed by atoms with van der Waals surface area (Å²) >= 11 is 0. The number of amides is 2. The smallest absolute Gasteiger partial charge is 0.335 e. The van der Waals surface area contributed by atoms with Gasteiger partial charge in [-0.05, 0) is 49.2 Å². The summed E-state index contributed by atoms with van der Waals surface area (Å²) < 4.78 is 16.7. The molecule has 10 heteroatoms. The van der Waals surface area contributed by atoms with Crippen LogP contribution in [0.2, 0.25) is 0 Å². The van der Waals surface area contributed by atoms with E-state index >= 15 is 0 Å². The van der Waals surface area contributed by atoms with Gasteiger partial charge in [0, 0.05) is 36.1 Å². The molecular weight excluding hydrogens is 508 g/mol. The van der Waals surface area contributed by atoms with Crippen LogP contribution in [0.25, 0.3) is 0 Å². The molecule has 0 bridgehead atoms. The minimum atomic E-state index is -0.254. The van der Waals surface area contributed by atoms with Crippen LogP contribution in [0.5, 0.6) is 17.2 Å². The standard InChI is InChI=1S/C30H32N6O4/c1-19-7-5-8-20(2)27(19)35-18-21-17-32-29(33-22-9-6-10-24(15-22)40-14-13-31)34-28(21)36(30(35)37)25-12-11-23(38-3)16-26(25)39-4/h5-12,15-17H,13-14,18,31H2,1-4H3,(H,32,33,34). The van der Waals surface area contributed by atoms with Gasteiger partial charge in [-0.1, -0.05) is 24.3 Å². The van der Waals surface area contributed by atoms with Crippen LogP contribution in [0, 0.1) is 13.8 Å².